The van der Waals surface area contributed by atoms with Crippen molar-refractivity contribution in [2.75, 3.05) is 0 Å². The van der Waals surface area contributed by atoms with Crippen LogP contribution in [0, 0.1) is 6.92 Å². The molecule has 118 valence electrons. The molecule has 1 amide bonds. The first-order valence-corrected chi connectivity index (χ1v) is 8.19. The summed E-state index contributed by atoms with van der Waals surface area (Å²) in [6, 6.07) is 15.8. The Labute approximate surface area is 141 Å². The normalized spacial score (nSPS) is 17.3. The van der Waals surface area contributed by atoms with Crippen LogP contribution >= 0.6 is 11.6 Å². The van der Waals surface area contributed by atoms with Gasteiger partial charge in [-0.1, -0.05) is 66.6 Å². The minimum Gasteiger partial charge on any atom is -0.273 e. The van der Waals surface area contributed by atoms with Crippen molar-refractivity contribution in [1.29, 1.82) is 0 Å². The maximum Gasteiger partial charge on any atom is 0.242 e. The van der Waals surface area contributed by atoms with E-state index < -0.39 is 0 Å². The predicted molar refractivity (Wildman–Crippen MR) is 93.7 cm³/mol. The SMILES string of the molecule is CCC(=O)N1N=C(c2ccccc2Cl)C[C@@H]1c1cccc(C)c1. The van der Waals surface area contributed by atoms with E-state index in [1.54, 1.807) is 5.01 Å². The summed E-state index contributed by atoms with van der Waals surface area (Å²) in [5, 5.41) is 6.88. The van der Waals surface area contributed by atoms with Gasteiger partial charge in [-0.2, -0.15) is 5.10 Å². The molecular formula is C19H19ClN2O. The highest BCUT2D eigenvalue weighted by molar-refractivity contribution is 6.34. The van der Waals surface area contributed by atoms with Crippen LogP contribution in [0.3, 0.4) is 0 Å². The third-order valence-corrected chi connectivity index (χ3v) is 4.41. The maximum atomic E-state index is 12.3. The first-order valence-electron chi connectivity index (χ1n) is 7.81. The lowest BCUT2D eigenvalue weighted by molar-refractivity contribution is -0.132. The van der Waals surface area contributed by atoms with Crippen LogP contribution in [0.2, 0.25) is 5.02 Å². The molecule has 0 bridgehead atoms. The quantitative estimate of drug-likeness (QED) is 0.802. The zero-order chi connectivity index (χ0) is 16.4. The van der Waals surface area contributed by atoms with Gasteiger partial charge in [0.15, 0.2) is 0 Å². The van der Waals surface area contributed by atoms with Gasteiger partial charge < -0.3 is 0 Å². The average molecular weight is 327 g/mol. The highest BCUT2D eigenvalue weighted by atomic mass is 35.5. The van der Waals surface area contributed by atoms with Gasteiger partial charge in [0.05, 0.1) is 11.8 Å². The molecule has 0 spiro atoms. The Morgan fingerprint density at radius 3 is 2.74 bits per heavy atom. The Bertz CT molecular complexity index is 769. The van der Waals surface area contributed by atoms with Gasteiger partial charge in [0.25, 0.3) is 0 Å². The summed E-state index contributed by atoms with van der Waals surface area (Å²) in [6.07, 6.45) is 1.11. The van der Waals surface area contributed by atoms with Crippen LogP contribution in [0.1, 0.15) is 42.5 Å². The van der Waals surface area contributed by atoms with Crippen molar-refractivity contribution in [3.05, 3.63) is 70.2 Å². The molecule has 3 rings (SSSR count). The van der Waals surface area contributed by atoms with Crippen LogP contribution < -0.4 is 0 Å². The predicted octanol–water partition coefficient (Wildman–Crippen LogP) is 4.74. The second-order valence-electron chi connectivity index (χ2n) is 5.75. The molecule has 1 aliphatic heterocycles. The minimum absolute atomic E-state index is 0.0264. The number of hydrogen-bond acceptors (Lipinski definition) is 2. The number of aryl methyl sites for hydroxylation is 1. The van der Waals surface area contributed by atoms with Gasteiger partial charge in [0.2, 0.25) is 5.91 Å². The zero-order valence-electron chi connectivity index (χ0n) is 13.3. The molecule has 0 unspecified atom stereocenters. The van der Waals surface area contributed by atoms with E-state index >= 15 is 0 Å². The third kappa shape index (κ3) is 3.15. The number of nitrogens with zero attached hydrogens (tertiary/aromatic N) is 2. The molecule has 1 aliphatic rings. The molecule has 3 nitrogen and oxygen atoms in total. The average Bonchev–Trinajstić information content (AvgIpc) is 2.99. The Morgan fingerprint density at radius 1 is 1.26 bits per heavy atom. The van der Waals surface area contributed by atoms with E-state index in [4.69, 9.17) is 11.6 Å². The van der Waals surface area contributed by atoms with Crippen LogP contribution in [-0.4, -0.2) is 16.6 Å². The molecule has 23 heavy (non-hydrogen) atoms. The van der Waals surface area contributed by atoms with Crippen molar-refractivity contribution in [3.8, 4) is 0 Å². The molecule has 1 atom stereocenters. The Balaban J connectivity index is 1.99. The number of carbonyl (C=O) groups is 1. The number of hydrogen-bond donors (Lipinski definition) is 0. The highest BCUT2D eigenvalue weighted by Crippen LogP contribution is 2.34. The summed E-state index contributed by atoms with van der Waals surface area (Å²) in [4.78, 5) is 12.3. The number of hydrazone groups is 1. The fourth-order valence-electron chi connectivity index (χ4n) is 2.90. The van der Waals surface area contributed by atoms with Crippen LogP contribution in [0.4, 0.5) is 0 Å². The Kier molecular flexibility index (Phi) is 4.49. The number of benzene rings is 2. The molecule has 4 heteroatoms. The van der Waals surface area contributed by atoms with E-state index in [0.717, 1.165) is 16.8 Å². The fourth-order valence-corrected chi connectivity index (χ4v) is 3.14. The first-order chi connectivity index (χ1) is 11.1. The molecule has 0 aromatic heterocycles. The second-order valence-corrected chi connectivity index (χ2v) is 6.16. The van der Waals surface area contributed by atoms with Crippen molar-refractivity contribution in [1.82, 2.24) is 5.01 Å². The summed E-state index contributed by atoms with van der Waals surface area (Å²) >= 11 is 6.30. The van der Waals surface area contributed by atoms with Gasteiger partial charge in [-0.25, -0.2) is 5.01 Å². The van der Waals surface area contributed by atoms with Crippen molar-refractivity contribution in [3.63, 3.8) is 0 Å². The first kappa shape index (κ1) is 15.8. The van der Waals surface area contributed by atoms with Crippen molar-refractivity contribution >= 4 is 23.2 Å². The van der Waals surface area contributed by atoms with Crippen LogP contribution in [0.5, 0.6) is 0 Å². The monoisotopic (exact) mass is 326 g/mol. The van der Waals surface area contributed by atoms with E-state index in [9.17, 15) is 4.79 Å². The van der Waals surface area contributed by atoms with Crippen LogP contribution in [0.25, 0.3) is 0 Å². The van der Waals surface area contributed by atoms with Gasteiger partial charge in [0, 0.05) is 23.4 Å². The van der Waals surface area contributed by atoms with Gasteiger partial charge in [0.1, 0.15) is 0 Å². The van der Waals surface area contributed by atoms with Crippen LogP contribution in [0.15, 0.2) is 53.6 Å². The highest BCUT2D eigenvalue weighted by Gasteiger charge is 2.32. The van der Waals surface area contributed by atoms with Crippen molar-refractivity contribution in [2.45, 2.75) is 32.7 Å². The van der Waals surface area contributed by atoms with Crippen LogP contribution in [-0.2, 0) is 4.79 Å². The molecule has 2 aromatic carbocycles. The molecule has 2 aromatic rings. The van der Waals surface area contributed by atoms with E-state index in [1.165, 1.54) is 5.56 Å². The smallest absolute Gasteiger partial charge is 0.242 e. The van der Waals surface area contributed by atoms with Gasteiger partial charge in [-0.15, -0.1) is 0 Å². The molecule has 1 heterocycles. The zero-order valence-corrected chi connectivity index (χ0v) is 14.0. The van der Waals surface area contributed by atoms with E-state index in [-0.39, 0.29) is 11.9 Å². The molecule has 0 saturated heterocycles. The molecule has 0 saturated carbocycles. The number of rotatable bonds is 3. The molecular weight excluding hydrogens is 308 g/mol. The largest absolute Gasteiger partial charge is 0.273 e. The fraction of sp³-hybridized carbons (Fsp3) is 0.263. The standard InChI is InChI=1S/C19H19ClN2O/c1-3-19(23)22-18(14-8-6-7-13(2)11-14)12-17(21-22)15-9-4-5-10-16(15)20/h4-11,18H,3,12H2,1-2H3/t18-/m1/s1. The molecule has 0 fully saturated rings. The van der Waals surface area contributed by atoms with Gasteiger partial charge >= 0.3 is 0 Å². The lowest BCUT2D eigenvalue weighted by Crippen LogP contribution is -2.26. The maximum absolute atomic E-state index is 12.3. The Morgan fingerprint density at radius 2 is 2.04 bits per heavy atom. The minimum atomic E-state index is -0.0615. The van der Waals surface area contributed by atoms with E-state index in [0.29, 0.717) is 17.9 Å². The summed E-state index contributed by atoms with van der Waals surface area (Å²) in [7, 11) is 0. The Hall–Kier alpha value is -2.13. The van der Waals surface area contributed by atoms with E-state index in [1.807, 2.05) is 37.3 Å². The second kappa shape index (κ2) is 6.55. The topological polar surface area (TPSA) is 32.7 Å². The summed E-state index contributed by atoms with van der Waals surface area (Å²) in [6.45, 7) is 3.92. The van der Waals surface area contributed by atoms with Crippen molar-refractivity contribution < 1.29 is 4.79 Å². The molecule has 0 N–H and O–H groups in total. The number of amides is 1. The third-order valence-electron chi connectivity index (χ3n) is 4.08. The lowest BCUT2D eigenvalue weighted by Gasteiger charge is -2.21. The summed E-state index contributed by atoms with van der Waals surface area (Å²) in [5.74, 6) is 0.0264. The molecule has 0 radical (unpaired) electrons. The van der Waals surface area contributed by atoms with Crippen molar-refractivity contribution in [2.24, 2.45) is 5.10 Å². The van der Waals surface area contributed by atoms with Gasteiger partial charge in [-0.05, 0) is 18.6 Å². The summed E-state index contributed by atoms with van der Waals surface area (Å²) in [5.41, 5.74) is 4.05. The summed E-state index contributed by atoms with van der Waals surface area (Å²) < 4.78 is 0. The number of halogens is 1. The van der Waals surface area contributed by atoms with E-state index in [2.05, 4.69) is 30.2 Å². The lowest BCUT2D eigenvalue weighted by atomic mass is 9.97. The van der Waals surface area contributed by atoms with Gasteiger partial charge in [-0.3, -0.25) is 4.79 Å². The number of carbonyl (C=O) groups excluding carboxylic acids is 1. The molecule has 0 aliphatic carbocycles.